The number of hydrogen-bond donors (Lipinski definition) is 1. The highest BCUT2D eigenvalue weighted by Gasteiger charge is 2.30. The maximum atomic E-state index is 12.7. The Morgan fingerprint density at radius 2 is 2.10 bits per heavy atom. The van der Waals surface area contributed by atoms with Gasteiger partial charge in [-0.3, -0.25) is 0 Å². The molecule has 1 aromatic heterocycles. The van der Waals surface area contributed by atoms with Crippen molar-refractivity contribution in [3.63, 3.8) is 0 Å². The Morgan fingerprint density at radius 1 is 1.38 bits per heavy atom. The lowest BCUT2D eigenvalue weighted by atomic mass is 10.2. The second-order valence-corrected chi connectivity index (χ2v) is 4.30. The fraction of sp³-hybridized carbons (Fsp3) is 0.231. The number of ether oxygens (including phenoxy) is 1. The van der Waals surface area contributed by atoms with E-state index in [0.29, 0.717) is 11.3 Å². The van der Waals surface area contributed by atoms with Crippen LogP contribution in [0.4, 0.5) is 13.2 Å². The molecule has 0 fully saturated rings. The zero-order chi connectivity index (χ0) is 15.6. The van der Waals surface area contributed by atoms with Crippen LogP contribution >= 0.6 is 0 Å². The Labute approximate surface area is 118 Å². The molecule has 1 heterocycles. The van der Waals surface area contributed by atoms with Gasteiger partial charge in [0, 0.05) is 7.05 Å². The van der Waals surface area contributed by atoms with E-state index in [4.69, 9.17) is 9.94 Å². The lowest BCUT2D eigenvalue weighted by Gasteiger charge is -2.10. The molecule has 0 saturated carbocycles. The smallest absolute Gasteiger partial charge is 0.416 e. The molecule has 21 heavy (non-hydrogen) atoms. The van der Waals surface area contributed by atoms with Gasteiger partial charge in [-0.1, -0.05) is 11.2 Å². The monoisotopic (exact) mass is 299 g/mol. The Morgan fingerprint density at radius 3 is 2.71 bits per heavy atom. The van der Waals surface area contributed by atoms with Crippen LogP contribution in [0.15, 0.2) is 29.4 Å². The van der Waals surface area contributed by atoms with Crippen molar-refractivity contribution in [2.45, 2.75) is 13.1 Å². The number of oxime groups is 1. The summed E-state index contributed by atoms with van der Waals surface area (Å²) in [5, 5.41) is 15.6. The van der Waals surface area contributed by atoms with E-state index in [-0.39, 0.29) is 11.6 Å². The molecule has 5 nitrogen and oxygen atoms in total. The van der Waals surface area contributed by atoms with Crippen molar-refractivity contribution in [3.05, 3.63) is 41.1 Å². The van der Waals surface area contributed by atoms with E-state index >= 15 is 0 Å². The van der Waals surface area contributed by atoms with Crippen LogP contribution in [0.5, 0.6) is 11.6 Å². The Balaban J connectivity index is 2.39. The van der Waals surface area contributed by atoms with Crippen LogP contribution in [0.25, 0.3) is 0 Å². The van der Waals surface area contributed by atoms with Crippen molar-refractivity contribution < 1.29 is 23.1 Å². The Kier molecular flexibility index (Phi) is 3.88. The molecule has 0 saturated heterocycles. The van der Waals surface area contributed by atoms with E-state index < -0.39 is 11.7 Å². The molecule has 0 aliphatic heterocycles. The second-order valence-electron chi connectivity index (χ2n) is 4.30. The third-order valence-electron chi connectivity index (χ3n) is 2.78. The number of benzene rings is 1. The molecule has 0 atom stereocenters. The molecule has 0 radical (unpaired) electrons. The summed E-state index contributed by atoms with van der Waals surface area (Å²) in [5.41, 5.74) is 0.103. The van der Waals surface area contributed by atoms with Crippen LogP contribution in [0, 0.1) is 6.92 Å². The molecule has 112 valence electrons. The van der Waals surface area contributed by atoms with Crippen molar-refractivity contribution >= 4 is 6.21 Å². The van der Waals surface area contributed by atoms with Gasteiger partial charge >= 0.3 is 6.18 Å². The van der Waals surface area contributed by atoms with Crippen LogP contribution in [0.2, 0.25) is 0 Å². The molecule has 1 aromatic carbocycles. The van der Waals surface area contributed by atoms with Crippen molar-refractivity contribution in [2.24, 2.45) is 12.2 Å². The summed E-state index contributed by atoms with van der Waals surface area (Å²) in [6.07, 6.45) is -3.33. The number of halogens is 3. The van der Waals surface area contributed by atoms with Gasteiger partial charge < -0.3 is 9.94 Å². The van der Waals surface area contributed by atoms with E-state index in [1.165, 1.54) is 16.8 Å². The van der Waals surface area contributed by atoms with Crippen LogP contribution in [0.3, 0.4) is 0 Å². The van der Waals surface area contributed by atoms with Crippen molar-refractivity contribution in [3.8, 4) is 11.6 Å². The van der Waals surface area contributed by atoms with Gasteiger partial charge in [-0.05, 0) is 25.1 Å². The Bertz CT molecular complexity index is 678. The van der Waals surface area contributed by atoms with Gasteiger partial charge in [-0.25, -0.2) is 4.68 Å². The number of alkyl halides is 3. The standard InChI is InChI=1S/C13H12F3N3O2/c1-8-11(7-17-20)12(19(2)18-8)21-10-5-3-4-9(6-10)13(14,15)16/h3-7,20H,1-2H3/b17-7+. The number of rotatable bonds is 3. The fourth-order valence-corrected chi connectivity index (χ4v) is 1.83. The highest BCUT2D eigenvalue weighted by molar-refractivity contribution is 5.84. The van der Waals surface area contributed by atoms with Gasteiger partial charge in [0.05, 0.1) is 23.0 Å². The first kappa shape index (κ1) is 14.9. The van der Waals surface area contributed by atoms with Gasteiger partial charge in [0.1, 0.15) is 5.75 Å². The first-order valence-corrected chi connectivity index (χ1v) is 5.89. The number of aromatic nitrogens is 2. The van der Waals surface area contributed by atoms with Crippen LogP contribution in [-0.2, 0) is 13.2 Å². The fourth-order valence-electron chi connectivity index (χ4n) is 1.83. The molecular formula is C13H12F3N3O2. The summed E-state index contributed by atoms with van der Waals surface area (Å²) >= 11 is 0. The minimum Gasteiger partial charge on any atom is -0.439 e. The number of hydrogen-bond acceptors (Lipinski definition) is 4. The number of nitrogens with zero attached hydrogens (tertiary/aromatic N) is 3. The molecule has 0 aliphatic carbocycles. The van der Waals surface area contributed by atoms with Crippen LogP contribution in [0.1, 0.15) is 16.8 Å². The normalized spacial score (nSPS) is 12.0. The maximum absolute atomic E-state index is 12.7. The average Bonchev–Trinajstić information content (AvgIpc) is 2.66. The van der Waals surface area contributed by atoms with Crippen molar-refractivity contribution in [2.75, 3.05) is 0 Å². The third kappa shape index (κ3) is 3.15. The first-order chi connectivity index (χ1) is 9.82. The van der Waals surface area contributed by atoms with Gasteiger partial charge in [-0.15, -0.1) is 0 Å². The average molecular weight is 299 g/mol. The minimum atomic E-state index is -4.45. The zero-order valence-corrected chi connectivity index (χ0v) is 11.2. The van der Waals surface area contributed by atoms with Gasteiger partial charge in [0.2, 0.25) is 5.88 Å². The van der Waals surface area contributed by atoms with Crippen LogP contribution < -0.4 is 4.74 Å². The highest BCUT2D eigenvalue weighted by Crippen LogP contribution is 2.33. The quantitative estimate of drug-likeness (QED) is 0.537. The molecule has 2 rings (SSSR count). The zero-order valence-electron chi connectivity index (χ0n) is 11.2. The summed E-state index contributed by atoms with van der Waals surface area (Å²) in [5.74, 6) is 0.199. The molecule has 0 bridgehead atoms. The second kappa shape index (κ2) is 5.47. The summed E-state index contributed by atoms with van der Waals surface area (Å²) in [6.45, 7) is 1.66. The maximum Gasteiger partial charge on any atom is 0.416 e. The largest absolute Gasteiger partial charge is 0.439 e. The van der Waals surface area contributed by atoms with E-state index in [1.54, 1.807) is 14.0 Å². The molecular weight excluding hydrogens is 287 g/mol. The Hall–Kier alpha value is -2.51. The van der Waals surface area contributed by atoms with Gasteiger partial charge in [0.25, 0.3) is 0 Å². The topological polar surface area (TPSA) is 59.6 Å². The molecule has 1 N–H and O–H groups in total. The highest BCUT2D eigenvalue weighted by atomic mass is 19.4. The SMILES string of the molecule is Cc1nn(C)c(Oc2cccc(C(F)(F)F)c2)c1/C=N/O. The molecule has 0 unspecified atom stereocenters. The molecule has 8 heteroatoms. The lowest BCUT2D eigenvalue weighted by Crippen LogP contribution is -2.05. The summed E-state index contributed by atoms with van der Waals surface area (Å²) < 4.78 is 44.8. The van der Waals surface area contributed by atoms with E-state index in [2.05, 4.69) is 10.3 Å². The van der Waals surface area contributed by atoms with E-state index in [1.807, 2.05) is 0 Å². The van der Waals surface area contributed by atoms with E-state index in [9.17, 15) is 13.2 Å². The van der Waals surface area contributed by atoms with Crippen LogP contribution in [-0.4, -0.2) is 21.2 Å². The third-order valence-corrected chi connectivity index (χ3v) is 2.78. The van der Waals surface area contributed by atoms with Gasteiger partial charge in [0.15, 0.2) is 0 Å². The summed E-state index contributed by atoms with van der Waals surface area (Å²) in [4.78, 5) is 0. The molecule has 0 aliphatic rings. The predicted octanol–water partition coefficient (Wildman–Crippen LogP) is 3.35. The van der Waals surface area contributed by atoms with E-state index in [0.717, 1.165) is 18.3 Å². The van der Waals surface area contributed by atoms with Crippen molar-refractivity contribution in [1.82, 2.24) is 9.78 Å². The molecule has 0 amide bonds. The number of aryl methyl sites for hydroxylation is 2. The molecule has 0 spiro atoms. The van der Waals surface area contributed by atoms with Crippen molar-refractivity contribution in [1.29, 1.82) is 0 Å². The first-order valence-electron chi connectivity index (χ1n) is 5.89. The summed E-state index contributed by atoms with van der Waals surface area (Å²) in [6, 6.07) is 4.50. The summed E-state index contributed by atoms with van der Waals surface area (Å²) in [7, 11) is 1.57. The lowest BCUT2D eigenvalue weighted by molar-refractivity contribution is -0.137. The predicted molar refractivity (Wildman–Crippen MR) is 68.8 cm³/mol. The minimum absolute atomic E-state index is 0.0143. The van der Waals surface area contributed by atoms with Gasteiger partial charge in [-0.2, -0.15) is 18.3 Å². The molecule has 2 aromatic rings.